The number of hydrogen-bond donors (Lipinski definition) is 1. The third kappa shape index (κ3) is 6.32. The number of rotatable bonds is 6. The molecule has 0 fully saturated rings. The molecule has 0 rings (SSSR count). The van der Waals surface area contributed by atoms with Crippen molar-refractivity contribution in [1.29, 1.82) is 0 Å². The molecule has 0 aliphatic carbocycles. The van der Waals surface area contributed by atoms with Gasteiger partial charge in [-0.25, -0.2) is 0 Å². The van der Waals surface area contributed by atoms with Gasteiger partial charge in [-0.2, -0.15) is 0 Å². The predicted molar refractivity (Wildman–Crippen MR) is 48.9 cm³/mol. The average Bonchev–Trinajstić information content (AvgIpc) is 1.99. The smallest absolute Gasteiger partial charge is 0.0462 e. The van der Waals surface area contributed by atoms with Gasteiger partial charge in [0, 0.05) is 19.3 Å². The third-order valence-corrected chi connectivity index (χ3v) is 2.08. The molecule has 0 bridgehead atoms. The van der Waals surface area contributed by atoms with E-state index in [0.29, 0.717) is 0 Å². The lowest BCUT2D eigenvalue weighted by Gasteiger charge is -2.23. The van der Waals surface area contributed by atoms with Crippen molar-refractivity contribution in [1.82, 2.24) is 5.32 Å². The first-order chi connectivity index (χ1) is 5.12. The zero-order valence-corrected chi connectivity index (χ0v) is 8.24. The van der Waals surface area contributed by atoms with Crippen molar-refractivity contribution in [3.63, 3.8) is 0 Å². The quantitative estimate of drug-likeness (QED) is 0.597. The molecular weight excluding hydrogens is 138 g/mol. The van der Waals surface area contributed by atoms with Gasteiger partial charge in [-0.15, -0.1) is 0 Å². The number of methoxy groups -OCH3 is 1. The molecule has 68 valence electrons. The fourth-order valence-electron chi connectivity index (χ4n) is 0.938. The first-order valence-electron chi connectivity index (χ1n) is 4.30. The van der Waals surface area contributed by atoms with Crippen LogP contribution >= 0.6 is 0 Å². The van der Waals surface area contributed by atoms with Crippen LogP contribution in [0.5, 0.6) is 0 Å². The minimum Gasteiger partial charge on any atom is -0.385 e. The molecule has 0 saturated carbocycles. The first kappa shape index (κ1) is 10.9. The van der Waals surface area contributed by atoms with Crippen molar-refractivity contribution < 1.29 is 4.74 Å². The highest BCUT2D eigenvalue weighted by molar-refractivity contribution is 4.74. The number of nitrogens with one attached hydrogen (secondary N) is 1. The van der Waals surface area contributed by atoms with Gasteiger partial charge in [-0.1, -0.05) is 0 Å². The van der Waals surface area contributed by atoms with Crippen molar-refractivity contribution in [3.05, 3.63) is 0 Å². The van der Waals surface area contributed by atoms with Gasteiger partial charge in [0.25, 0.3) is 0 Å². The van der Waals surface area contributed by atoms with E-state index >= 15 is 0 Å². The van der Waals surface area contributed by atoms with Gasteiger partial charge in [-0.3, -0.25) is 0 Å². The Bertz CT molecular complexity index is 91.6. The monoisotopic (exact) mass is 159 g/mol. The van der Waals surface area contributed by atoms with E-state index in [-0.39, 0.29) is 5.54 Å². The van der Waals surface area contributed by atoms with Crippen molar-refractivity contribution in [2.75, 3.05) is 20.8 Å². The Morgan fingerprint density at radius 1 is 1.27 bits per heavy atom. The molecule has 0 aromatic rings. The summed E-state index contributed by atoms with van der Waals surface area (Å²) in [6, 6.07) is 0. The molecule has 0 radical (unpaired) electrons. The Balaban J connectivity index is 3.23. The van der Waals surface area contributed by atoms with Crippen LogP contribution in [0.15, 0.2) is 0 Å². The third-order valence-electron chi connectivity index (χ3n) is 2.08. The Labute approximate surface area is 70.3 Å². The van der Waals surface area contributed by atoms with E-state index in [9.17, 15) is 0 Å². The zero-order valence-electron chi connectivity index (χ0n) is 8.24. The Hall–Kier alpha value is -0.0800. The number of unbranched alkanes of at least 4 members (excludes halogenated alkanes) is 1. The van der Waals surface area contributed by atoms with Gasteiger partial charge < -0.3 is 10.1 Å². The minimum atomic E-state index is 0.285. The van der Waals surface area contributed by atoms with Crippen LogP contribution in [0.25, 0.3) is 0 Å². The molecule has 0 unspecified atom stereocenters. The lowest BCUT2D eigenvalue weighted by molar-refractivity contribution is 0.188. The minimum absolute atomic E-state index is 0.285. The van der Waals surface area contributed by atoms with Crippen LogP contribution in [0.4, 0.5) is 0 Å². The lowest BCUT2D eigenvalue weighted by atomic mass is 9.98. The molecule has 0 aromatic carbocycles. The second-order valence-electron chi connectivity index (χ2n) is 3.58. The first-order valence-corrected chi connectivity index (χ1v) is 4.30. The molecule has 2 heteroatoms. The van der Waals surface area contributed by atoms with E-state index in [4.69, 9.17) is 4.74 Å². The summed E-state index contributed by atoms with van der Waals surface area (Å²) in [7, 11) is 3.76. The maximum absolute atomic E-state index is 4.97. The lowest BCUT2D eigenvalue weighted by Crippen LogP contribution is -2.35. The summed E-state index contributed by atoms with van der Waals surface area (Å²) in [6.45, 7) is 5.33. The Morgan fingerprint density at radius 3 is 2.36 bits per heavy atom. The second kappa shape index (κ2) is 5.56. The summed E-state index contributed by atoms with van der Waals surface area (Å²) in [5.74, 6) is 0. The molecule has 0 atom stereocenters. The normalized spacial score (nSPS) is 12.0. The highest BCUT2D eigenvalue weighted by atomic mass is 16.5. The molecule has 0 saturated heterocycles. The predicted octanol–water partition coefficient (Wildman–Crippen LogP) is 1.80. The number of ether oxygens (including phenoxy) is 1. The molecule has 1 N–H and O–H groups in total. The molecule has 0 aliphatic rings. The Kier molecular flexibility index (Phi) is 5.51. The highest BCUT2D eigenvalue weighted by Crippen LogP contribution is 2.11. The van der Waals surface area contributed by atoms with Crippen LogP contribution in [-0.2, 0) is 4.74 Å². The summed E-state index contributed by atoms with van der Waals surface area (Å²) in [4.78, 5) is 0. The fraction of sp³-hybridized carbons (Fsp3) is 1.00. The van der Waals surface area contributed by atoms with E-state index in [1.54, 1.807) is 7.11 Å². The van der Waals surface area contributed by atoms with Crippen LogP contribution in [0.2, 0.25) is 0 Å². The summed E-state index contributed by atoms with van der Waals surface area (Å²) < 4.78 is 4.97. The highest BCUT2D eigenvalue weighted by Gasteiger charge is 2.12. The molecule has 11 heavy (non-hydrogen) atoms. The largest absolute Gasteiger partial charge is 0.385 e. The average molecular weight is 159 g/mol. The number of hydrogen-bond acceptors (Lipinski definition) is 2. The van der Waals surface area contributed by atoms with Gasteiger partial charge in [0.05, 0.1) is 0 Å². The maximum atomic E-state index is 4.97. The fourth-order valence-corrected chi connectivity index (χ4v) is 0.938. The molecule has 0 heterocycles. The summed E-state index contributed by atoms with van der Waals surface area (Å²) in [5, 5.41) is 3.28. The van der Waals surface area contributed by atoms with E-state index in [0.717, 1.165) is 6.61 Å². The van der Waals surface area contributed by atoms with Crippen LogP contribution in [0, 0.1) is 0 Å². The van der Waals surface area contributed by atoms with E-state index in [2.05, 4.69) is 19.2 Å². The van der Waals surface area contributed by atoms with Gasteiger partial charge >= 0.3 is 0 Å². The van der Waals surface area contributed by atoms with Gasteiger partial charge in [0.15, 0.2) is 0 Å². The maximum Gasteiger partial charge on any atom is 0.0462 e. The van der Waals surface area contributed by atoms with Gasteiger partial charge in [0.1, 0.15) is 0 Å². The SMILES string of the molecule is CNC(C)(C)CCCCOC. The molecule has 2 nitrogen and oxygen atoms in total. The molecule has 0 aromatic heterocycles. The van der Waals surface area contributed by atoms with Crippen LogP contribution < -0.4 is 5.32 Å². The van der Waals surface area contributed by atoms with Crippen LogP contribution in [-0.4, -0.2) is 26.3 Å². The topological polar surface area (TPSA) is 21.3 Å². The standard InChI is InChI=1S/C9H21NO/c1-9(2,10-3)7-5-6-8-11-4/h10H,5-8H2,1-4H3. The van der Waals surface area contributed by atoms with Crippen molar-refractivity contribution in [2.24, 2.45) is 0 Å². The Morgan fingerprint density at radius 2 is 1.91 bits per heavy atom. The van der Waals surface area contributed by atoms with Gasteiger partial charge in [-0.05, 0) is 40.2 Å². The summed E-state index contributed by atoms with van der Waals surface area (Å²) in [5.41, 5.74) is 0.285. The van der Waals surface area contributed by atoms with Crippen molar-refractivity contribution >= 4 is 0 Å². The van der Waals surface area contributed by atoms with Crippen molar-refractivity contribution in [3.8, 4) is 0 Å². The molecular formula is C9H21NO. The molecule has 0 spiro atoms. The van der Waals surface area contributed by atoms with Crippen molar-refractivity contribution in [2.45, 2.75) is 38.6 Å². The second-order valence-corrected chi connectivity index (χ2v) is 3.58. The summed E-state index contributed by atoms with van der Waals surface area (Å²) >= 11 is 0. The van der Waals surface area contributed by atoms with Gasteiger partial charge in [0.2, 0.25) is 0 Å². The van der Waals surface area contributed by atoms with E-state index < -0.39 is 0 Å². The van der Waals surface area contributed by atoms with Crippen LogP contribution in [0.1, 0.15) is 33.1 Å². The molecule has 0 amide bonds. The zero-order chi connectivity index (χ0) is 8.74. The van der Waals surface area contributed by atoms with E-state index in [1.165, 1.54) is 19.3 Å². The summed E-state index contributed by atoms with van der Waals surface area (Å²) in [6.07, 6.45) is 3.62. The van der Waals surface area contributed by atoms with E-state index in [1.807, 2.05) is 7.05 Å². The van der Waals surface area contributed by atoms with Crippen LogP contribution in [0.3, 0.4) is 0 Å². The molecule has 0 aliphatic heterocycles.